The van der Waals surface area contributed by atoms with Gasteiger partial charge in [-0.1, -0.05) is 36.7 Å². The minimum absolute atomic E-state index is 0.197. The van der Waals surface area contributed by atoms with E-state index >= 15 is 0 Å². The Balaban J connectivity index is 1.73. The largest absolute Gasteiger partial charge is 0.487 e. The van der Waals surface area contributed by atoms with Gasteiger partial charge in [0.1, 0.15) is 12.4 Å². The Morgan fingerprint density at radius 1 is 1.12 bits per heavy atom. The molecule has 168 valence electrons. The number of hydrogen-bond donors (Lipinski definition) is 2. The number of benzene rings is 2. The first-order valence-corrected chi connectivity index (χ1v) is 10.9. The Hall–Kier alpha value is -3.32. The molecule has 0 saturated heterocycles. The maximum atomic E-state index is 12.9. The molecule has 2 N–H and O–H groups in total. The summed E-state index contributed by atoms with van der Waals surface area (Å²) in [6.07, 6.45) is 2.47. The number of nitrogens with zero attached hydrogens (tertiary/aromatic N) is 2. The van der Waals surface area contributed by atoms with Crippen LogP contribution in [-0.2, 0) is 13.2 Å². The van der Waals surface area contributed by atoms with Crippen LogP contribution in [0.3, 0.4) is 0 Å². The molecular weight excluding hydrogens is 428 g/mol. The van der Waals surface area contributed by atoms with Crippen LogP contribution in [-0.4, -0.2) is 28.1 Å². The molecule has 8 heteroatoms. The Labute approximate surface area is 192 Å². The van der Waals surface area contributed by atoms with E-state index in [2.05, 4.69) is 15.7 Å². The van der Waals surface area contributed by atoms with Crippen LogP contribution in [0.25, 0.3) is 0 Å². The smallest absolute Gasteiger partial charge is 0.273 e. The number of amides is 2. The summed E-state index contributed by atoms with van der Waals surface area (Å²) in [5.74, 6) is -0.0524. The topological polar surface area (TPSA) is 85.3 Å². The number of ether oxygens (including phenoxy) is 1. The number of halogens is 1. The molecule has 1 heterocycles. The minimum atomic E-state index is -0.333. The molecule has 0 spiro atoms. The Kier molecular flexibility index (Phi) is 7.89. The van der Waals surface area contributed by atoms with Crippen LogP contribution in [0.2, 0.25) is 5.02 Å². The van der Waals surface area contributed by atoms with Gasteiger partial charge in [0.15, 0.2) is 5.69 Å². The molecule has 0 aliphatic carbocycles. The second kappa shape index (κ2) is 10.8. The van der Waals surface area contributed by atoms with Crippen molar-refractivity contribution in [1.29, 1.82) is 0 Å². The molecule has 0 aliphatic rings. The molecule has 3 aromatic rings. The van der Waals surface area contributed by atoms with E-state index in [1.807, 2.05) is 39.0 Å². The molecular formula is C24H27ClN4O3. The zero-order chi connectivity index (χ0) is 23.1. The third-order valence-corrected chi connectivity index (χ3v) is 5.07. The first kappa shape index (κ1) is 23.3. The second-order valence-electron chi connectivity index (χ2n) is 7.38. The maximum absolute atomic E-state index is 12.9. The minimum Gasteiger partial charge on any atom is -0.487 e. The van der Waals surface area contributed by atoms with Gasteiger partial charge in [-0.25, -0.2) is 0 Å². The second-order valence-corrected chi connectivity index (χ2v) is 7.79. The summed E-state index contributed by atoms with van der Waals surface area (Å²) in [5.41, 5.74) is 2.89. The van der Waals surface area contributed by atoms with Gasteiger partial charge in [0.05, 0.1) is 10.7 Å². The number of aryl methyl sites for hydroxylation is 2. The van der Waals surface area contributed by atoms with Gasteiger partial charge >= 0.3 is 0 Å². The number of rotatable bonds is 9. The van der Waals surface area contributed by atoms with Crippen molar-refractivity contribution in [2.75, 3.05) is 11.9 Å². The molecule has 0 unspecified atom stereocenters. The third-order valence-electron chi connectivity index (χ3n) is 4.75. The van der Waals surface area contributed by atoms with Crippen molar-refractivity contribution in [3.05, 3.63) is 76.1 Å². The predicted molar refractivity (Wildman–Crippen MR) is 125 cm³/mol. The number of nitrogens with one attached hydrogen (secondary N) is 2. The van der Waals surface area contributed by atoms with Crippen LogP contribution in [0.1, 0.15) is 52.2 Å². The molecule has 0 aliphatic heterocycles. The van der Waals surface area contributed by atoms with Gasteiger partial charge in [-0.05, 0) is 55.7 Å². The van der Waals surface area contributed by atoms with Crippen LogP contribution in [0, 0.1) is 6.92 Å². The first-order chi connectivity index (χ1) is 15.4. The fraction of sp³-hybridized carbons (Fsp3) is 0.292. The zero-order valence-electron chi connectivity index (χ0n) is 18.4. The van der Waals surface area contributed by atoms with Crippen LogP contribution in [0.4, 0.5) is 5.69 Å². The lowest BCUT2D eigenvalue weighted by Gasteiger charge is -2.10. The summed E-state index contributed by atoms with van der Waals surface area (Å²) in [5, 5.41) is 10.4. The molecule has 2 aromatic carbocycles. The number of aromatic nitrogens is 2. The molecule has 2 amide bonds. The van der Waals surface area contributed by atoms with Crippen molar-refractivity contribution < 1.29 is 14.3 Å². The summed E-state index contributed by atoms with van der Waals surface area (Å²) >= 11 is 6.19. The van der Waals surface area contributed by atoms with Crippen LogP contribution < -0.4 is 15.4 Å². The molecule has 3 rings (SSSR count). The van der Waals surface area contributed by atoms with Crippen molar-refractivity contribution in [3.8, 4) is 5.75 Å². The summed E-state index contributed by atoms with van der Waals surface area (Å²) < 4.78 is 7.45. The molecule has 0 saturated carbocycles. The SMILES string of the molecule is CCCNC(=O)c1nn(CC)cc1NC(=O)c1cccc(COc2cc(C)ccc2Cl)c1. The number of carbonyl (C=O) groups is 2. The highest BCUT2D eigenvalue weighted by Crippen LogP contribution is 2.26. The quantitative estimate of drug-likeness (QED) is 0.484. The lowest BCUT2D eigenvalue weighted by molar-refractivity contribution is 0.0948. The standard InChI is InChI=1S/C24H27ClN4O3/c1-4-11-26-24(31)22-20(14-29(5-2)28-22)27-23(30)18-8-6-7-17(13-18)15-32-21-12-16(3)9-10-19(21)25/h6-10,12-14H,4-5,11,15H2,1-3H3,(H,26,31)(H,27,30). The molecule has 0 atom stereocenters. The van der Waals surface area contributed by atoms with Gasteiger partial charge in [-0.3, -0.25) is 14.3 Å². The average Bonchev–Trinajstić information content (AvgIpc) is 3.21. The number of hydrogen-bond acceptors (Lipinski definition) is 4. The Morgan fingerprint density at radius 3 is 2.69 bits per heavy atom. The fourth-order valence-corrected chi connectivity index (χ4v) is 3.22. The van der Waals surface area contributed by atoms with Gasteiger partial charge in [-0.2, -0.15) is 5.10 Å². The maximum Gasteiger partial charge on any atom is 0.273 e. The summed E-state index contributed by atoms with van der Waals surface area (Å²) in [6, 6.07) is 12.7. The Morgan fingerprint density at radius 2 is 1.94 bits per heavy atom. The van der Waals surface area contributed by atoms with E-state index in [0.29, 0.717) is 35.1 Å². The van der Waals surface area contributed by atoms with Gasteiger partial charge in [0, 0.05) is 24.8 Å². The highest BCUT2D eigenvalue weighted by atomic mass is 35.5. The Bertz CT molecular complexity index is 1110. The van der Waals surface area contributed by atoms with E-state index in [-0.39, 0.29) is 24.1 Å². The van der Waals surface area contributed by atoms with E-state index in [1.54, 1.807) is 35.1 Å². The first-order valence-electron chi connectivity index (χ1n) is 10.6. The molecule has 1 aromatic heterocycles. The molecule has 32 heavy (non-hydrogen) atoms. The third kappa shape index (κ3) is 5.88. The van der Waals surface area contributed by atoms with Crippen molar-refractivity contribution in [3.63, 3.8) is 0 Å². The number of anilines is 1. The predicted octanol–water partition coefficient (Wildman–Crippen LogP) is 4.84. The number of carbonyl (C=O) groups excluding carboxylic acids is 2. The van der Waals surface area contributed by atoms with Crippen molar-refractivity contribution in [2.45, 2.75) is 40.3 Å². The van der Waals surface area contributed by atoms with Crippen molar-refractivity contribution >= 4 is 29.1 Å². The molecule has 0 bridgehead atoms. The van der Waals surface area contributed by atoms with Crippen molar-refractivity contribution in [2.24, 2.45) is 0 Å². The van der Waals surface area contributed by atoms with Crippen LogP contribution in [0.5, 0.6) is 5.75 Å². The van der Waals surface area contributed by atoms with E-state index < -0.39 is 0 Å². The van der Waals surface area contributed by atoms with Gasteiger partial charge in [-0.15, -0.1) is 0 Å². The zero-order valence-corrected chi connectivity index (χ0v) is 19.2. The summed E-state index contributed by atoms with van der Waals surface area (Å²) in [4.78, 5) is 25.3. The summed E-state index contributed by atoms with van der Waals surface area (Å²) in [6.45, 7) is 7.23. The van der Waals surface area contributed by atoms with E-state index in [0.717, 1.165) is 17.5 Å². The van der Waals surface area contributed by atoms with E-state index in [4.69, 9.17) is 16.3 Å². The van der Waals surface area contributed by atoms with Crippen molar-refractivity contribution in [1.82, 2.24) is 15.1 Å². The van der Waals surface area contributed by atoms with Gasteiger partial charge < -0.3 is 15.4 Å². The average molecular weight is 455 g/mol. The fourth-order valence-electron chi connectivity index (χ4n) is 3.04. The lowest BCUT2D eigenvalue weighted by Crippen LogP contribution is -2.26. The van der Waals surface area contributed by atoms with Crippen LogP contribution in [0.15, 0.2) is 48.7 Å². The van der Waals surface area contributed by atoms with Gasteiger partial charge in [0.2, 0.25) is 0 Å². The van der Waals surface area contributed by atoms with E-state index in [9.17, 15) is 9.59 Å². The normalized spacial score (nSPS) is 10.6. The molecule has 0 radical (unpaired) electrons. The molecule has 7 nitrogen and oxygen atoms in total. The van der Waals surface area contributed by atoms with E-state index in [1.165, 1.54) is 0 Å². The van der Waals surface area contributed by atoms with Gasteiger partial charge in [0.25, 0.3) is 11.8 Å². The molecule has 0 fully saturated rings. The summed E-state index contributed by atoms with van der Waals surface area (Å²) in [7, 11) is 0. The lowest BCUT2D eigenvalue weighted by atomic mass is 10.1. The highest BCUT2D eigenvalue weighted by Gasteiger charge is 2.19. The van der Waals surface area contributed by atoms with Crippen LogP contribution >= 0.6 is 11.6 Å². The highest BCUT2D eigenvalue weighted by molar-refractivity contribution is 6.32. The monoisotopic (exact) mass is 454 g/mol.